The number of ether oxygens (including phenoxy) is 2. The van der Waals surface area contributed by atoms with Crippen molar-refractivity contribution in [1.29, 1.82) is 0 Å². The second-order valence-corrected chi connectivity index (χ2v) is 11.2. The number of carbonyl (C=O) groups is 2. The van der Waals surface area contributed by atoms with Crippen LogP contribution in [0.1, 0.15) is 44.7 Å². The van der Waals surface area contributed by atoms with E-state index in [1.807, 2.05) is 81.4 Å². The summed E-state index contributed by atoms with van der Waals surface area (Å²) in [7, 11) is 1.61. The van der Waals surface area contributed by atoms with Crippen LogP contribution in [0.5, 0.6) is 11.5 Å². The summed E-state index contributed by atoms with van der Waals surface area (Å²) in [5.74, 6) is 1.08. The van der Waals surface area contributed by atoms with Gasteiger partial charge in [0.2, 0.25) is 11.8 Å². The zero-order valence-corrected chi connectivity index (χ0v) is 24.4. The number of nitrogens with one attached hydrogen (secondary N) is 1. The highest BCUT2D eigenvalue weighted by molar-refractivity contribution is 6.42. The number of hydrogen-bond acceptors (Lipinski definition) is 4. The Hall–Kier alpha value is -3.22. The summed E-state index contributed by atoms with van der Waals surface area (Å²) >= 11 is 12.4. The third kappa shape index (κ3) is 9.79. The van der Waals surface area contributed by atoms with Crippen molar-refractivity contribution in [3.8, 4) is 11.5 Å². The molecule has 3 rings (SSSR count). The van der Waals surface area contributed by atoms with E-state index in [9.17, 15) is 9.59 Å². The highest BCUT2D eigenvalue weighted by Gasteiger charge is 2.32. The van der Waals surface area contributed by atoms with Crippen molar-refractivity contribution in [2.75, 3.05) is 13.7 Å². The van der Waals surface area contributed by atoms with Gasteiger partial charge in [0.1, 0.15) is 17.5 Å². The Labute approximate surface area is 241 Å². The van der Waals surface area contributed by atoms with Gasteiger partial charge in [-0.3, -0.25) is 9.59 Å². The van der Waals surface area contributed by atoms with Crippen molar-refractivity contribution >= 4 is 35.0 Å². The molecular weight excluding hydrogens is 535 g/mol. The van der Waals surface area contributed by atoms with Crippen LogP contribution in [-0.4, -0.2) is 42.0 Å². The molecule has 0 radical (unpaired) electrons. The second-order valence-electron chi connectivity index (χ2n) is 10.3. The van der Waals surface area contributed by atoms with Crippen LogP contribution in [0.4, 0.5) is 0 Å². The maximum absolute atomic E-state index is 13.7. The topological polar surface area (TPSA) is 67.9 Å². The Morgan fingerprint density at radius 2 is 1.56 bits per heavy atom. The minimum Gasteiger partial charge on any atom is -0.497 e. The molecule has 0 saturated carbocycles. The molecule has 0 heterocycles. The lowest BCUT2D eigenvalue weighted by Crippen LogP contribution is -2.54. The van der Waals surface area contributed by atoms with Gasteiger partial charge in [-0.25, -0.2) is 0 Å². The van der Waals surface area contributed by atoms with Crippen molar-refractivity contribution in [3.63, 3.8) is 0 Å². The molecule has 0 fully saturated rings. The molecule has 8 heteroatoms. The van der Waals surface area contributed by atoms with Crippen LogP contribution in [0.3, 0.4) is 0 Å². The Bertz CT molecular complexity index is 1230. The van der Waals surface area contributed by atoms with Gasteiger partial charge in [-0.1, -0.05) is 59.6 Å². The maximum Gasteiger partial charge on any atom is 0.243 e. The van der Waals surface area contributed by atoms with Gasteiger partial charge in [0.25, 0.3) is 0 Å². The smallest absolute Gasteiger partial charge is 0.243 e. The van der Waals surface area contributed by atoms with E-state index in [-0.39, 0.29) is 24.8 Å². The molecular formula is C31H36Cl2N2O4. The number of nitrogens with zero attached hydrogens (tertiary/aromatic N) is 1. The number of carbonyl (C=O) groups excluding carboxylic acids is 2. The monoisotopic (exact) mass is 570 g/mol. The Morgan fingerprint density at radius 3 is 2.18 bits per heavy atom. The molecule has 208 valence electrons. The van der Waals surface area contributed by atoms with E-state index in [2.05, 4.69) is 5.32 Å². The van der Waals surface area contributed by atoms with E-state index in [4.69, 9.17) is 32.7 Å². The van der Waals surface area contributed by atoms with E-state index in [0.717, 1.165) is 16.9 Å². The number of rotatable bonds is 12. The first kappa shape index (κ1) is 30.3. The van der Waals surface area contributed by atoms with Gasteiger partial charge in [-0.05, 0) is 74.7 Å². The number of amides is 2. The molecule has 1 N–H and O–H groups in total. The zero-order valence-electron chi connectivity index (χ0n) is 22.9. The van der Waals surface area contributed by atoms with E-state index in [0.29, 0.717) is 35.2 Å². The van der Waals surface area contributed by atoms with E-state index in [1.54, 1.807) is 24.1 Å². The number of hydrogen-bond donors (Lipinski definition) is 1. The van der Waals surface area contributed by atoms with Gasteiger partial charge in [-0.15, -0.1) is 0 Å². The number of benzene rings is 3. The normalized spacial score (nSPS) is 11.9. The molecule has 3 aromatic carbocycles. The average molecular weight is 572 g/mol. The summed E-state index contributed by atoms with van der Waals surface area (Å²) in [5, 5.41) is 3.89. The summed E-state index contributed by atoms with van der Waals surface area (Å²) in [6, 6.07) is 21.5. The lowest BCUT2D eigenvalue weighted by atomic mass is 10.00. The minimum atomic E-state index is -0.726. The molecule has 0 aromatic heterocycles. The lowest BCUT2D eigenvalue weighted by molar-refractivity contribution is -0.142. The van der Waals surface area contributed by atoms with Crippen LogP contribution in [0.15, 0.2) is 72.8 Å². The molecule has 1 atom stereocenters. The number of methoxy groups -OCH3 is 1. The van der Waals surface area contributed by atoms with Gasteiger partial charge in [0.15, 0.2) is 0 Å². The quantitative estimate of drug-likeness (QED) is 0.245. The largest absolute Gasteiger partial charge is 0.497 e. The third-order valence-corrected chi connectivity index (χ3v) is 6.71. The van der Waals surface area contributed by atoms with E-state index in [1.165, 1.54) is 0 Å². The predicted octanol–water partition coefficient (Wildman–Crippen LogP) is 6.72. The minimum absolute atomic E-state index is 0.149. The van der Waals surface area contributed by atoms with Crippen LogP contribution >= 0.6 is 23.2 Å². The fraction of sp³-hybridized carbons (Fsp3) is 0.355. The van der Waals surface area contributed by atoms with Gasteiger partial charge < -0.3 is 19.7 Å². The van der Waals surface area contributed by atoms with Crippen LogP contribution in [0.25, 0.3) is 0 Å². The molecule has 1 unspecified atom stereocenters. The SMILES string of the molecule is COc1ccc(OCCCC(=O)N(Cc2ccc(Cl)c(Cl)c2)C(Cc2ccccc2)C(=O)NC(C)(C)C)cc1. The van der Waals surface area contributed by atoms with Crippen LogP contribution in [0.2, 0.25) is 10.0 Å². The van der Waals surface area contributed by atoms with Gasteiger partial charge in [-0.2, -0.15) is 0 Å². The van der Waals surface area contributed by atoms with Crippen molar-refractivity contribution in [3.05, 3.63) is 94.0 Å². The highest BCUT2D eigenvalue weighted by Crippen LogP contribution is 2.25. The van der Waals surface area contributed by atoms with Crippen molar-refractivity contribution < 1.29 is 19.1 Å². The molecule has 2 amide bonds. The van der Waals surface area contributed by atoms with Crippen LogP contribution in [0, 0.1) is 0 Å². The van der Waals surface area contributed by atoms with Crippen molar-refractivity contribution in [1.82, 2.24) is 10.2 Å². The first-order valence-corrected chi connectivity index (χ1v) is 13.7. The molecule has 0 spiro atoms. The van der Waals surface area contributed by atoms with Gasteiger partial charge in [0.05, 0.1) is 23.8 Å². The molecule has 6 nitrogen and oxygen atoms in total. The molecule has 3 aromatic rings. The summed E-state index contributed by atoms with van der Waals surface area (Å²) < 4.78 is 11.0. The molecule has 0 saturated heterocycles. The molecule has 0 aliphatic rings. The molecule has 39 heavy (non-hydrogen) atoms. The summed E-state index contributed by atoms with van der Waals surface area (Å²) in [5.41, 5.74) is 1.28. The second kappa shape index (κ2) is 14.2. The van der Waals surface area contributed by atoms with E-state index >= 15 is 0 Å². The van der Waals surface area contributed by atoms with Gasteiger partial charge >= 0.3 is 0 Å². The predicted molar refractivity (Wildman–Crippen MR) is 157 cm³/mol. The Kier molecular flexibility index (Phi) is 11.1. The number of halogens is 2. The average Bonchev–Trinajstić information content (AvgIpc) is 2.90. The maximum atomic E-state index is 13.7. The lowest BCUT2D eigenvalue weighted by Gasteiger charge is -2.34. The third-order valence-electron chi connectivity index (χ3n) is 5.97. The van der Waals surface area contributed by atoms with Crippen LogP contribution < -0.4 is 14.8 Å². The summed E-state index contributed by atoms with van der Waals surface area (Å²) in [6.45, 7) is 6.34. The Morgan fingerprint density at radius 1 is 0.897 bits per heavy atom. The van der Waals surface area contributed by atoms with Crippen molar-refractivity contribution in [2.45, 2.75) is 58.2 Å². The first-order chi connectivity index (χ1) is 18.6. The molecule has 0 bridgehead atoms. The van der Waals surface area contributed by atoms with Crippen LogP contribution in [-0.2, 0) is 22.6 Å². The highest BCUT2D eigenvalue weighted by atomic mass is 35.5. The summed E-state index contributed by atoms with van der Waals surface area (Å²) in [4.78, 5) is 29.0. The Balaban J connectivity index is 1.81. The standard InChI is InChI=1S/C31H36Cl2N2O4/c1-31(2,3)34-30(37)28(20-22-9-6-5-7-10-22)35(21-23-12-17-26(32)27(33)19-23)29(36)11-8-18-39-25-15-13-24(38-4)14-16-25/h5-7,9-10,12-17,19,28H,8,11,18,20-21H2,1-4H3,(H,34,37). The van der Waals surface area contributed by atoms with Crippen molar-refractivity contribution in [2.24, 2.45) is 0 Å². The molecule has 0 aliphatic carbocycles. The first-order valence-electron chi connectivity index (χ1n) is 12.9. The summed E-state index contributed by atoms with van der Waals surface area (Å²) in [6.07, 6.45) is 1.07. The van der Waals surface area contributed by atoms with Gasteiger partial charge in [0, 0.05) is 24.9 Å². The molecule has 0 aliphatic heterocycles. The zero-order chi connectivity index (χ0) is 28.4. The van der Waals surface area contributed by atoms with E-state index < -0.39 is 11.6 Å². The fourth-order valence-electron chi connectivity index (χ4n) is 4.07. The fourth-order valence-corrected chi connectivity index (χ4v) is 4.39.